The van der Waals surface area contributed by atoms with Crippen LogP contribution in [0.3, 0.4) is 0 Å². The van der Waals surface area contributed by atoms with Crippen LogP contribution in [0.25, 0.3) is 33.3 Å². The van der Waals surface area contributed by atoms with Crippen molar-refractivity contribution < 1.29 is 19.1 Å². The molecule has 2 aromatic carbocycles. The SMILES string of the molecule is CC(=O)N1CCc2c(c(-c3cccc4cc(-c5cnn(C6CCC(C7CCN(c8ccc(C(=O)NC9CCC(Oc%10ccc(C#N)c(Cl)c%10)CC9)nn8)CC7)CC6)c5)ncc34)nn2C2CCOCC2)C1. The highest BCUT2D eigenvalue weighted by atomic mass is 35.5. The molecule has 0 spiro atoms. The summed E-state index contributed by atoms with van der Waals surface area (Å²) in [4.78, 5) is 34.9. The lowest BCUT2D eigenvalue weighted by atomic mass is 9.74. The van der Waals surface area contributed by atoms with Gasteiger partial charge in [0.2, 0.25) is 5.91 Å². The average molecular weight is 963 g/mol. The van der Waals surface area contributed by atoms with Crippen LogP contribution in [0.1, 0.15) is 123 Å². The second kappa shape index (κ2) is 20.2. The Balaban J connectivity index is 0.660. The number of nitrogens with one attached hydrogen (secondary N) is 1. The van der Waals surface area contributed by atoms with E-state index in [-0.39, 0.29) is 24.0 Å². The van der Waals surface area contributed by atoms with Gasteiger partial charge >= 0.3 is 0 Å². The molecule has 2 aliphatic carbocycles. The molecule has 4 aromatic heterocycles. The lowest BCUT2D eigenvalue weighted by Crippen LogP contribution is -2.40. The first-order chi connectivity index (χ1) is 34.2. The van der Waals surface area contributed by atoms with Gasteiger partial charge in [0.15, 0.2) is 11.5 Å². The van der Waals surface area contributed by atoms with E-state index in [0.29, 0.717) is 59.0 Å². The number of hydrogen-bond acceptors (Lipinski definition) is 11. The van der Waals surface area contributed by atoms with Gasteiger partial charge in [-0.3, -0.25) is 23.9 Å². The summed E-state index contributed by atoms with van der Waals surface area (Å²) in [6.07, 6.45) is 19.0. The lowest BCUT2D eigenvalue weighted by molar-refractivity contribution is -0.129. The Morgan fingerprint density at radius 1 is 0.857 bits per heavy atom. The number of benzene rings is 2. The minimum atomic E-state index is -0.197. The number of halogens is 1. The van der Waals surface area contributed by atoms with Crippen LogP contribution in [-0.4, -0.2) is 96.5 Å². The minimum Gasteiger partial charge on any atom is -0.490 e. The molecule has 16 heteroatoms. The quantitative estimate of drug-likeness (QED) is 0.139. The van der Waals surface area contributed by atoms with Gasteiger partial charge in [0.05, 0.1) is 46.4 Å². The summed E-state index contributed by atoms with van der Waals surface area (Å²) in [7, 11) is 0. The number of aromatic nitrogens is 7. The van der Waals surface area contributed by atoms with E-state index in [1.54, 1.807) is 31.2 Å². The molecule has 6 aromatic rings. The molecule has 0 bridgehead atoms. The van der Waals surface area contributed by atoms with Gasteiger partial charge in [-0.05, 0) is 125 Å². The van der Waals surface area contributed by atoms with Gasteiger partial charge < -0.3 is 24.6 Å². The van der Waals surface area contributed by atoms with Crippen LogP contribution in [0, 0.1) is 23.2 Å². The van der Waals surface area contributed by atoms with Crippen LogP contribution in [0.5, 0.6) is 5.75 Å². The number of pyridine rings is 1. The van der Waals surface area contributed by atoms with Crippen molar-refractivity contribution in [2.45, 2.75) is 121 Å². The molecular weight excluding hydrogens is 902 g/mol. The first kappa shape index (κ1) is 46.0. The lowest BCUT2D eigenvalue weighted by Gasteiger charge is -2.39. The van der Waals surface area contributed by atoms with Gasteiger partial charge in [-0.25, -0.2) is 0 Å². The monoisotopic (exact) mass is 961 g/mol. The van der Waals surface area contributed by atoms with Gasteiger partial charge in [0, 0.05) is 105 Å². The molecule has 362 valence electrons. The fourth-order valence-corrected chi connectivity index (χ4v) is 12.1. The normalized spacial score (nSPS) is 22.4. The van der Waals surface area contributed by atoms with Gasteiger partial charge in [-0.15, -0.1) is 10.2 Å². The fourth-order valence-electron chi connectivity index (χ4n) is 11.9. The number of amides is 2. The molecular formula is C54H60ClN11O4. The number of nitriles is 1. The molecule has 2 amide bonds. The van der Waals surface area contributed by atoms with E-state index < -0.39 is 0 Å². The number of nitrogens with zero attached hydrogens (tertiary/aromatic N) is 10. The predicted octanol–water partition coefficient (Wildman–Crippen LogP) is 9.30. The summed E-state index contributed by atoms with van der Waals surface area (Å²) in [5.41, 5.74) is 7.10. The first-order valence-electron chi connectivity index (χ1n) is 25.4. The highest BCUT2D eigenvalue weighted by Crippen LogP contribution is 2.41. The maximum absolute atomic E-state index is 13.1. The summed E-state index contributed by atoms with van der Waals surface area (Å²) in [6, 6.07) is 20.2. The Morgan fingerprint density at radius 3 is 2.40 bits per heavy atom. The van der Waals surface area contributed by atoms with E-state index in [4.69, 9.17) is 41.5 Å². The Bertz CT molecular complexity index is 2900. The summed E-state index contributed by atoms with van der Waals surface area (Å²) in [5, 5.41) is 33.9. The summed E-state index contributed by atoms with van der Waals surface area (Å²) in [6.45, 7) is 6.31. The van der Waals surface area contributed by atoms with E-state index in [0.717, 1.165) is 142 Å². The molecule has 0 unspecified atom stereocenters. The molecule has 70 heavy (non-hydrogen) atoms. The zero-order valence-electron chi connectivity index (χ0n) is 39.8. The highest BCUT2D eigenvalue weighted by Gasteiger charge is 2.34. The topological polar surface area (TPSA) is 169 Å². The van der Waals surface area contributed by atoms with E-state index in [9.17, 15) is 9.59 Å². The van der Waals surface area contributed by atoms with E-state index in [1.165, 1.54) is 18.5 Å². The second-order valence-electron chi connectivity index (χ2n) is 20.0. The third kappa shape index (κ3) is 9.60. The fraction of sp³-hybridized carbons (Fsp3) is 0.481. The Labute approximate surface area is 413 Å². The van der Waals surface area contributed by atoms with Crippen LogP contribution >= 0.6 is 11.6 Å². The van der Waals surface area contributed by atoms with Crippen LogP contribution in [-0.2, 0) is 22.5 Å². The molecule has 11 rings (SSSR count). The average Bonchev–Trinajstić information content (AvgIpc) is 4.06. The van der Waals surface area contributed by atoms with Crippen LogP contribution in [0.4, 0.5) is 5.82 Å². The number of ether oxygens (including phenoxy) is 2. The molecule has 5 aliphatic rings. The zero-order valence-corrected chi connectivity index (χ0v) is 40.6. The number of rotatable bonds is 10. The van der Waals surface area contributed by atoms with Crippen molar-refractivity contribution >= 4 is 40.0 Å². The molecule has 1 N–H and O–H groups in total. The van der Waals surface area contributed by atoms with Crippen LogP contribution in [0.2, 0.25) is 5.02 Å². The van der Waals surface area contributed by atoms with Crippen molar-refractivity contribution in [1.29, 1.82) is 5.26 Å². The highest BCUT2D eigenvalue weighted by molar-refractivity contribution is 6.31. The third-order valence-corrected chi connectivity index (χ3v) is 16.2. The number of carbonyl (C=O) groups is 2. The van der Waals surface area contributed by atoms with Gasteiger partial charge in [-0.2, -0.15) is 15.5 Å². The molecule has 3 aliphatic heterocycles. The molecule has 2 saturated heterocycles. The van der Waals surface area contributed by atoms with Crippen molar-refractivity contribution in [3.05, 3.63) is 101 Å². The third-order valence-electron chi connectivity index (χ3n) is 15.9. The number of carbonyl (C=O) groups excluding carboxylic acids is 2. The number of fused-ring (bicyclic) bond motifs is 2. The van der Waals surface area contributed by atoms with Gasteiger partial charge in [0.1, 0.15) is 11.8 Å². The largest absolute Gasteiger partial charge is 0.490 e. The Hall–Kier alpha value is -6.37. The van der Waals surface area contributed by atoms with Crippen molar-refractivity contribution in [3.63, 3.8) is 0 Å². The smallest absolute Gasteiger partial charge is 0.272 e. The molecule has 4 fully saturated rings. The number of hydrogen-bond donors (Lipinski definition) is 1. The van der Waals surface area contributed by atoms with Crippen LogP contribution in [0.15, 0.2) is 73.2 Å². The molecule has 15 nitrogen and oxygen atoms in total. The number of anilines is 1. The van der Waals surface area contributed by atoms with Crippen molar-refractivity contribution in [2.24, 2.45) is 11.8 Å². The molecule has 7 heterocycles. The van der Waals surface area contributed by atoms with E-state index >= 15 is 0 Å². The van der Waals surface area contributed by atoms with Crippen molar-refractivity contribution in [1.82, 2.24) is 45.0 Å². The first-order valence-corrected chi connectivity index (χ1v) is 25.8. The summed E-state index contributed by atoms with van der Waals surface area (Å²) in [5.74, 6) is 2.77. The van der Waals surface area contributed by atoms with Crippen molar-refractivity contribution in [2.75, 3.05) is 37.7 Å². The molecule has 2 saturated carbocycles. The standard InChI is InChI=1S/C54H60ClN11O4/c1-34(67)64-24-19-51-47(33-64)53(62-66(51)42-20-25-69-26-21-42)45-4-2-3-37-27-50(57-31-46(37)45)39-30-58-65(32-39)41-10-5-35(6-11-41)36-17-22-63(23-18-36)52-16-15-49(60-61-52)54(68)59-40-8-13-43(14-9-40)70-44-12-7-38(29-56)48(55)28-44/h2-4,7,12,15-16,27-28,30-32,35-36,40-43H,5-6,8-11,13-14,17-26,33H2,1H3,(H,59,68). The number of piperidine rings is 1. The maximum Gasteiger partial charge on any atom is 0.272 e. The van der Waals surface area contributed by atoms with E-state index in [1.807, 2.05) is 23.4 Å². The maximum atomic E-state index is 13.1. The molecule has 0 atom stereocenters. The predicted molar refractivity (Wildman–Crippen MR) is 266 cm³/mol. The van der Waals surface area contributed by atoms with E-state index in [2.05, 4.69) is 66.3 Å². The minimum absolute atomic E-state index is 0.0331. The molecule has 0 radical (unpaired) electrons. The van der Waals surface area contributed by atoms with Gasteiger partial charge in [0.25, 0.3) is 5.91 Å². The summed E-state index contributed by atoms with van der Waals surface area (Å²) < 4.78 is 16.2. The zero-order chi connectivity index (χ0) is 47.7. The van der Waals surface area contributed by atoms with Crippen molar-refractivity contribution in [3.8, 4) is 34.3 Å². The summed E-state index contributed by atoms with van der Waals surface area (Å²) >= 11 is 6.18. The van der Waals surface area contributed by atoms with Crippen LogP contribution < -0.4 is 15.0 Å². The Kier molecular flexibility index (Phi) is 13.3. The second-order valence-corrected chi connectivity index (χ2v) is 20.5. The Morgan fingerprint density at radius 2 is 1.66 bits per heavy atom. The van der Waals surface area contributed by atoms with Gasteiger partial charge in [-0.1, -0.05) is 29.8 Å².